The molecule has 1 aliphatic rings. The predicted molar refractivity (Wildman–Crippen MR) is 125 cm³/mol. The van der Waals surface area contributed by atoms with Crippen LogP contribution in [-0.4, -0.2) is 33.0 Å². The molecule has 156 valence electrons. The number of imide groups is 1. The van der Waals surface area contributed by atoms with Crippen molar-refractivity contribution < 1.29 is 14.3 Å². The zero-order valence-electron chi connectivity index (χ0n) is 17.5. The first-order valence-corrected chi connectivity index (χ1v) is 10.6. The van der Waals surface area contributed by atoms with Crippen molar-refractivity contribution in [1.82, 2.24) is 0 Å². The van der Waals surface area contributed by atoms with Crippen LogP contribution in [0.15, 0.2) is 88.7 Å². The maximum Gasteiger partial charge on any atom is 0.272 e. The molecule has 3 aromatic carbocycles. The van der Waals surface area contributed by atoms with Gasteiger partial charge >= 0.3 is 0 Å². The second-order valence-corrected chi connectivity index (χ2v) is 8.29. The summed E-state index contributed by atoms with van der Waals surface area (Å²) in [7, 11) is 5.43. The van der Waals surface area contributed by atoms with Gasteiger partial charge in [-0.05, 0) is 48.0 Å². The normalized spacial score (nSPS) is 13.7. The maximum atomic E-state index is 13.5. The van der Waals surface area contributed by atoms with Gasteiger partial charge < -0.3 is 9.64 Å². The summed E-state index contributed by atoms with van der Waals surface area (Å²) < 4.78 is 5.24. The first kappa shape index (κ1) is 20.8. The highest BCUT2D eigenvalue weighted by Gasteiger charge is 2.40. The van der Waals surface area contributed by atoms with Crippen molar-refractivity contribution in [2.45, 2.75) is 4.90 Å². The van der Waals surface area contributed by atoms with Gasteiger partial charge in [0.25, 0.3) is 11.8 Å². The van der Waals surface area contributed by atoms with E-state index >= 15 is 0 Å². The average Bonchev–Trinajstić information content (AvgIpc) is 3.04. The minimum absolute atomic E-state index is 0.319. The molecule has 2 amide bonds. The van der Waals surface area contributed by atoms with Gasteiger partial charge in [0.2, 0.25) is 0 Å². The quantitative estimate of drug-likeness (QED) is 0.524. The first-order chi connectivity index (χ1) is 15.0. The molecule has 0 aliphatic carbocycles. The molecule has 0 spiro atoms. The van der Waals surface area contributed by atoms with E-state index in [1.807, 2.05) is 79.7 Å². The molecule has 3 aromatic rings. The van der Waals surface area contributed by atoms with E-state index in [4.69, 9.17) is 4.74 Å². The third-order valence-electron chi connectivity index (χ3n) is 4.99. The van der Waals surface area contributed by atoms with Crippen molar-refractivity contribution in [2.75, 3.05) is 31.0 Å². The fourth-order valence-corrected chi connectivity index (χ4v) is 4.38. The van der Waals surface area contributed by atoms with Gasteiger partial charge in [-0.15, -0.1) is 0 Å². The lowest BCUT2D eigenvalue weighted by atomic mass is 10.1. The Balaban J connectivity index is 1.80. The predicted octanol–water partition coefficient (Wildman–Crippen LogP) is 4.84. The maximum absolute atomic E-state index is 13.5. The monoisotopic (exact) mass is 430 g/mol. The smallest absolute Gasteiger partial charge is 0.272 e. The summed E-state index contributed by atoms with van der Waals surface area (Å²) in [6.45, 7) is 0. The average molecular weight is 431 g/mol. The highest BCUT2D eigenvalue weighted by Crippen LogP contribution is 2.42. The highest BCUT2D eigenvalue weighted by atomic mass is 32.2. The molecule has 0 fully saturated rings. The highest BCUT2D eigenvalue weighted by molar-refractivity contribution is 8.04. The van der Waals surface area contributed by atoms with E-state index in [2.05, 4.69) is 0 Å². The lowest BCUT2D eigenvalue weighted by Crippen LogP contribution is -2.31. The number of hydrogen-bond donors (Lipinski definition) is 0. The zero-order chi connectivity index (χ0) is 22.0. The van der Waals surface area contributed by atoms with Gasteiger partial charge in [0, 0.05) is 24.7 Å². The van der Waals surface area contributed by atoms with Gasteiger partial charge in [-0.3, -0.25) is 9.59 Å². The Bertz CT molecular complexity index is 1150. The number of carbonyl (C=O) groups excluding carboxylic acids is 2. The van der Waals surface area contributed by atoms with Crippen molar-refractivity contribution in [1.29, 1.82) is 0 Å². The van der Waals surface area contributed by atoms with E-state index < -0.39 is 0 Å². The number of nitrogens with zero attached hydrogens (tertiary/aromatic N) is 2. The second kappa shape index (κ2) is 8.70. The Morgan fingerprint density at radius 2 is 1.55 bits per heavy atom. The Morgan fingerprint density at radius 3 is 2.19 bits per heavy atom. The molecule has 0 aromatic heterocycles. The van der Waals surface area contributed by atoms with E-state index in [0.29, 0.717) is 27.5 Å². The molecule has 0 unspecified atom stereocenters. The Labute approximate surface area is 185 Å². The van der Waals surface area contributed by atoms with Gasteiger partial charge in [0.1, 0.15) is 5.75 Å². The zero-order valence-corrected chi connectivity index (χ0v) is 18.3. The van der Waals surface area contributed by atoms with Crippen LogP contribution in [0.5, 0.6) is 5.75 Å². The van der Waals surface area contributed by atoms with Crippen LogP contribution >= 0.6 is 11.8 Å². The summed E-state index contributed by atoms with van der Waals surface area (Å²) in [5.41, 5.74) is 2.55. The van der Waals surface area contributed by atoms with Gasteiger partial charge in [-0.25, -0.2) is 4.90 Å². The van der Waals surface area contributed by atoms with Gasteiger partial charge in [0.05, 0.1) is 23.3 Å². The molecule has 0 saturated carbocycles. The SMILES string of the molecule is COc1ccc(C2=C(Sc3ccccc3)C(=O)N(c3cccc(N(C)C)c3)C2=O)cc1. The minimum atomic E-state index is -0.329. The third-order valence-corrected chi connectivity index (χ3v) is 6.08. The van der Waals surface area contributed by atoms with Crippen LogP contribution in [0.25, 0.3) is 5.57 Å². The molecule has 1 aliphatic heterocycles. The first-order valence-electron chi connectivity index (χ1n) is 9.77. The molecule has 0 radical (unpaired) electrons. The molecule has 0 N–H and O–H groups in total. The summed E-state index contributed by atoms with van der Waals surface area (Å²) in [5.74, 6) is 0.0407. The number of ether oxygens (including phenoxy) is 1. The molecule has 31 heavy (non-hydrogen) atoms. The standard InChI is InChI=1S/C25H22N2O3S/c1-26(2)18-8-7-9-19(16-18)27-24(28)22(17-12-14-20(30-3)15-13-17)23(25(27)29)31-21-10-5-4-6-11-21/h4-16H,1-3H3. The molecule has 4 rings (SSSR count). The molecular weight excluding hydrogens is 408 g/mol. The lowest BCUT2D eigenvalue weighted by molar-refractivity contribution is -0.119. The lowest BCUT2D eigenvalue weighted by Gasteiger charge is -2.19. The van der Waals surface area contributed by atoms with Crippen LogP contribution in [-0.2, 0) is 9.59 Å². The Kier molecular flexibility index (Phi) is 5.82. The van der Waals surface area contributed by atoms with Crippen LogP contribution in [0.4, 0.5) is 11.4 Å². The molecule has 1 heterocycles. The topological polar surface area (TPSA) is 49.9 Å². The third kappa shape index (κ3) is 4.07. The van der Waals surface area contributed by atoms with Crippen LogP contribution in [0, 0.1) is 0 Å². The van der Waals surface area contributed by atoms with Crippen molar-refractivity contribution >= 4 is 40.5 Å². The summed E-state index contributed by atoms with van der Waals surface area (Å²) in [6, 6.07) is 24.2. The fraction of sp³-hybridized carbons (Fsp3) is 0.120. The summed E-state index contributed by atoms with van der Waals surface area (Å²) in [4.78, 5) is 31.5. The van der Waals surface area contributed by atoms with Crippen molar-refractivity contribution in [3.63, 3.8) is 0 Å². The summed E-state index contributed by atoms with van der Waals surface area (Å²) >= 11 is 1.31. The second-order valence-electron chi connectivity index (χ2n) is 7.21. The van der Waals surface area contributed by atoms with Crippen molar-refractivity contribution in [2.24, 2.45) is 0 Å². The molecule has 6 heteroatoms. The minimum Gasteiger partial charge on any atom is -0.497 e. The summed E-state index contributed by atoms with van der Waals surface area (Å²) in [6.07, 6.45) is 0. The number of benzene rings is 3. The van der Waals surface area contributed by atoms with Crippen molar-refractivity contribution in [3.8, 4) is 5.75 Å². The molecule has 0 atom stereocenters. The van der Waals surface area contributed by atoms with E-state index in [9.17, 15) is 9.59 Å². The van der Waals surface area contributed by atoms with E-state index in [-0.39, 0.29) is 11.8 Å². The number of anilines is 2. The fourth-order valence-electron chi connectivity index (χ4n) is 3.37. The number of methoxy groups -OCH3 is 1. The largest absolute Gasteiger partial charge is 0.497 e. The molecule has 5 nitrogen and oxygen atoms in total. The van der Waals surface area contributed by atoms with Gasteiger partial charge in [-0.1, -0.05) is 48.2 Å². The number of hydrogen-bond acceptors (Lipinski definition) is 5. The van der Waals surface area contributed by atoms with Crippen LogP contribution in [0.3, 0.4) is 0 Å². The van der Waals surface area contributed by atoms with Crippen LogP contribution < -0.4 is 14.5 Å². The van der Waals surface area contributed by atoms with Crippen LogP contribution in [0.1, 0.15) is 5.56 Å². The molecule has 0 saturated heterocycles. The van der Waals surface area contributed by atoms with Gasteiger partial charge in [-0.2, -0.15) is 0 Å². The Hall–Kier alpha value is -3.51. The van der Waals surface area contributed by atoms with E-state index in [1.54, 1.807) is 25.3 Å². The number of thioether (sulfide) groups is 1. The van der Waals surface area contributed by atoms with Crippen molar-refractivity contribution in [3.05, 3.63) is 89.3 Å². The number of rotatable bonds is 6. The molecule has 0 bridgehead atoms. The Morgan fingerprint density at radius 1 is 0.839 bits per heavy atom. The molecular formula is C25H22N2O3S. The van der Waals surface area contributed by atoms with Gasteiger partial charge in [0.15, 0.2) is 0 Å². The van der Waals surface area contributed by atoms with E-state index in [0.717, 1.165) is 10.6 Å². The number of carbonyl (C=O) groups is 2. The van der Waals surface area contributed by atoms with Crippen LogP contribution in [0.2, 0.25) is 0 Å². The van der Waals surface area contributed by atoms with E-state index in [1.165, 1.54) is 16.7 Å². The number of amides is 2. The summed E-state index contributed by atoms with van der Waals surface area (Å²) in [5, 5.41) is 0.